The van der Waals surface area contributed by atoms with Crippen molar-refractivity contribution in [2.75, 3.05) is 6.61 Å². The summed E-state index contributed by atoms with van der Waals surface area (Å²) in [6, 6.07) is 10.6. The minimum Gasteiger partial charge on any atom is -0.396 e. The number of aliphatic hydroxyl groups excluding tert-OH is 1. The molecule has 0 aliphatic heterocycles. The molecule has 1 saturated carbocycles. The minimum absolute atomic E-state index is 0.335. The third-order valence-electron chi connectivity index (χ3n) is 3.55. The van der Waals surface area contributed by atoms with Gasteiger partial charge in [-0.2, -0.15) is 0 Å². The summed E-state index contributed by atoms with van der Waals surface area (Å²) >= 11 is 0. The molecule has 2 atom stereocenters. The molecule has 1 fully saturated rings. The molecule has 1 N–H and O–H groups in total. The molecule has 1 aliphatic carbocycles. The molecule has 1 nitrogen and oxygen atoms in total. The summed E-state index contributed by atoms with van der Waals surface area (Å²) in [6.45, 7) is 2.62. The van der Waals surface area contributed by atoms with Crippen LogP contribution >= 0.6 is 0 Å². The number of benzene rings is 1. The normalized spacial score (nSPS) is 30.3. The highest BCUT2D eigenvalue weighted by Gasteiger charge is 2.48. The Balaban J connectivity index is 1.90. The summed E-state index contributed by atoms with van der Waals surface area (Å²) in [5.74, 6) is 0.789. The first-order chi connectivity index (χ1) is 6.74. The van der Waals surface area contributed by atoms with Crippen LogP contribution in [0, 0.1) is 11.3 Å². The van der Waals surface area contributed by atoms with E-state index in [4.69, 9.17) is 5.11 Å². The average Bonchev–Trinajstić information content (AvgIpc) is 2.78. The van der Waals surface area contributed by atoms with Crippen molar-refractivity contribution in [2.24, 2.45) is 11.3 Å². The largest absolute Gasteiger partial charge is 0.396 e. The quantitative estimate of drug-likeness (QED) is 0.774. The predicted molar refractivity (Wildman–Crippen MR) is 58.1 cm³/mol. The van der Waals surface area contributed by atoms with Gasteiger partial charge in [0.15, 0.2) is 0 Å². The van der Waals surface area contributed by atoms with Gasteiger partial charge in [-0.25, -0.2) is 0 Å². The molecule has 1 unspecified atom stereocenters. The van der Waals surface area contributed by atoms with E-state index in [0.717, 1.165) is 12.3 Å². The summed E-state index contributed by atoms with van der Waals surface area (Å²) < 4.78 is 0. The van der Waals surface area contributed by atoms with Crippen LogP contribution in [0.1, 0.15) is 25.3 Å². The fourth-order valence-corrected chi connectivity index (χ4v) is 2.28. The Morgan fingerprint density at radius 1 is 1.36 bits per heavy atom. The zero-order valence-corrected chi connectivity index (χ0v) is 8.74. The van der Waals surface area contributed by atoms with Gasteiger partial charge in [-0.15, -0.1) is 0 Å². The van der Waals surface area contributed by atoms with Crippen LogP contribution in [0.25, 0.3) is 0 Å². The highest BCUT2D eigenvalue weighted by Crippen LogP contribution is 2.56. The lowest BCUT2D eigenvalue weighted by molar-refractivity contribution is 0.248. The van der Waals surface area contributed by atoms with Crippen molar-refractivity contribution in [2.45, 2.75) is 26.2 Å². The van der Waals surface area contributed by atoms with E-state index in [1.165, 1.54) is 18.4 Å². The van der Waals surface area contributed by atoms with Crippen molar-refractivity contribution in [3.63, 3.8) is 0 Å². The maximum absolute atomic E-state index is 8.93. The van der Waals surface area contributed by atoms with Gasteiger partial charge in [0.2, 0.25) is 0 Å². The first kappa shape index (κ1) is 9.72. The number of hydrogen-bond acceptors (Lipinski definition) is 1. The molecule has 14 heavy (non-hydrogen) atoms. The average molecular weight is 190 g/mol. The molecule has 1 heteroatoms. The van der Waals surface area contributed by atoms with Gasteiger partial charge in [-0.05, 0) is 36.2 Å². The van der Waals surface area contributed by atoms with Crippen molar-refractivity contribution >= 4 is 0 Å². The van der Waals surface area contributed by atoms with Gasteiger partial charge in [0, 0.05) is 6.61 Å². The van der Waals surface area contributed by atoms with E-state index in [1.807, 2.05) is 0 Å². The number of rotatable bonds is 4. The Hall–Kier alpha value is -0.820. The van der Waals surface area contributed by atoms with Crippen molar-refractivity contribution in [1.82, 2.24) is 0 Å². The molecule has 1 aromatic carbocycles. The molecule has 1 aliphatic rings. The van der Waals surface area contributed by atoms with Gasteiger partial charge in [-0.1, -0.05) is 37.3 Å². The number of hydrogen-bond donors (Lipinski definition) is 1. The van der Waals surface area contributed by atoms with Crippen molar-refractivity contribution in [3.05, 3.63) is 35.9 Å². The highest BCUT2D eigenvalue weighted by molar-refractivity contribution is 5.18. The van der Waals surface area contributed by atoms with Crippen LogP contribution in [0.15, 0.2) is 30.3 Å². The van der Waals surface area contributed by atoms with E-state index >= 15 is 0 Å². The molecular formula is C13H18O. The summed E-state index contributed by atoms with van der Waals surface area (Å²) in [5.41, 5.74) is 1.85. The van der Waals surface area contributed by atoms with E-state index in [9.17, 15) is 0 Å². The lowest BCUT2D eigenvalue weighted by Gasteiger charge is -2.08. The molecule has 0 aromatic heterocycles. The van der Waals surface area contributed by atoms with Gasteiger partial charge in [0.25, 0.3) is 0 Å². The first-order valence-corrected chi connectivity index (χ1v) is 5.39. The van der Waals surface area contributed by atoms with Crippen molar-refractivity contribution in [1.29, 1.82) is 0 Å². The van der Waals surface area contributed by atoms with Crippen LogP contribution in [-0.2, 0) is 6.42 Å². The van der Waals surface area contributed by atoms with Crippen LogP contribution < -0.4 is 0 Å². The maximum Gasteiger partial charge on any atom is 0.0436 e. The van der Waals surface area contributed by atoms with Crippen LogP contribution in [-0.4, -0.2) is 11.7 Å². The van der Waals surface area contributed by atoms with Crippen LogP contribution in [0.4, 0.5) is 0 Å². The van der Waals surface area contributed by atoms with E-state index in [1.54, 1.807) is 0 Å². The van der Waals surface area contributed by atoms with Gasteiger partial charge in [0.05, 0.1) is 0 Å². The molecule has 0 bridgehead atoms. The SMILES string of the molecule is CC1(CCO)C[C@H]1Cc1ccccc1. The summed E-state index contributed by atoms with van der Waals surface area (Å²) in [6.07, 6.45) is 3.42. The van der Waals surface area contributed by atoms with Crippen LogP contribution in [0.3, 0.4) is 0 Å². The zero-order chi connectivity index (χ0) is 10.0. The molecule has 0 radical (unpaired) electrons. The Kier molecular flexibility index (Phi) is 2.60. The number of aliphatic hydroxyl groups is 1. The highest BCUT2D eigenvalue weighted by atomic mass is 16.3. The summed E-state index contributed by atoms with van der Waals surface area (Å²) in [7, 11) is 0. The minimum atomic E-state index is 0.335. The predicted octanol–water partition coefficient (Wildman–Crippen LogP) is 2.64. The Morgan fingerprint density at radius 3 is 2.71 bits per heavy atom. The molecule has 0 spiro atoms. The second kappa shape index (κ2) is 3.74. The third kappa shape index (κ3) is 1.98. The van der Waals surface area contributed by atoms with Gasteiger partial charge in [-0.3, -0.25) is 0 Å². The van der Waals surface area contributed by atoms with Gasteiger partial charge in [0.1, 0.15) is 0 Å². The summed E-state index contributed by atoms with van der Waals surface area (Å²) in [5, 5.41) is 8.93. The zero-order valence-electron chi connectivity index (χ0n) is 8.74. The first-order valence-electron chi connectivity index (χ1n) is 5.39. The molecule has 0 saturated heterocycles. The fraction of sp³-hybridized carbons (Fsp3) is 0.538. The molecule has 0 heterocycles. The van der Waals surface area contributed by atoms with Crippen LogP contribution in [0.2, 0.25) is 0 Å². The second-order valence-corrected chi connectivity index (χ2v) is 4.72. The fourth-order valence-electron chi connectivity index (χ4n) is 2.28. The third-order valence-corrected chi connectivity index (χ3v) is 3.55. The second-order valence-electron chi connectivity index (χ2n) is 4.72. The monoisotopic (exact) mass is 190 g/mol. The Morgan fingerprint density at radius 2 is 2.07 bits per heavy atom. The standard InChI is InChI=1S/C13H18O/c1-13(7-8-14)10-12(13)9-11-5-3-2-4-6-11/h2-6,12,14H,7-10H2,1H3/t12-,13?/m1/s1. The van der Waals surface area contributed by atoms with Gasteiger partial charge < -0.3 is 5.11 Å². The van der Waals surface area contributed by atoms with E-state index in [-0.39, 0.29) is 0 Å². The molecule has 76 valence electrons. The molecule has 2 rings (SSSR count). The Labute approximate surface area is 85.8 Å². The van der Waals surface area contributed by atoms with Crippen molar-refractivity contribution in [3.8, 4) is 0 Å². The lowest BCUT2D eigenvalue weighted by Crippen LogP contribution is -2.03. The van der Waals surface area contributed by atoms with E-state index in [0.29, 0.717) is 12.0 Å². The van der Waals surface area contributed by atoms with Gasteiger partial charge >= 0.3 is 0 Å². The molecule has 1 aromatic rings. The van der Waals surface area contributed by atoms with E-state index < -0.39 is 0 Å². The topological polar surface area (TPSA) is 20.2 Å². The lowest BCUT2D eigenvalue weighted by atomic mass is 9.98. The van der Waals surface area contributed by atoms with Crippen molar-refractivity contribution < 1.29 is 5.11 Å². The smallest absolute Gasteiger partial charge is 0.0436 e. The Bertz CT molecular complexity index is 293. The maximum atomic E-state index is 8.93. The molecule has 0 amide bonds. The van der Waals surface area contributed by atoms with Crippen LogP contribution in [0.5, 0.6) is 0 Å². The summed E-state index contributed by atoms with van der Waals surface area (Å²) in [4.78, 5) is 0. The molecular weight excluding hydrogens is 172 g/mol. The van der Waals surface area contributed by atoms with E-state index in [2.05, 4.69) is 37.3 Å².